The van der Waals surface area contributed by atoms with Crippen LogP contribution in [0.4, 0.5) is 17.1 Å². The van der Waals surface area contributed by atoms with Crippen LogP contribution in [-0.4, -0.2) is 0 Å². The van der Waals surface area contributed by atoms with E-state index in [1.807, 2.05) is 0 Å². The van der Waals surface area contributed by atoms with E-state index < -0.39 is 0 Å². The van der Waals surface area contributed by atoms with Gasteiger partial charge in [0, 0.05) is 17.1 Å². The Morgan fingerprint density at radius 3 is 1.65 bits per heavy atom. The summed E-state index contributed by atoms with van der Waals surface area (Å²) in [5.74, 6) is 0. The van der Waals surface area contributed by atoms with Gasteiger partial charge in [-0.1, -0.05) is 176 Å². The Labute approximate surface area is 334 Å². The fourth-order valence-corrected chi connectivity index (χ4v) is 9.10. The molecule has 0 amide bonds. The van der Waals surface area contributed by atoms with Gasteiger partial charge in [0.05, 0.1) is 0 Å². The smallest absolute Gasteiger partial charge is 0.0462 e. The van der Waals surface area contributed by atoms with Gasteiger partial charge in [-0.05, 0) is 138 Å². The maximum atomic E-state index is 2.42. The molecule has 9 aromatic rings. The summed E-state index contributed by atoms with van der Waals surface area (Å²) in [4.78, 5) is 2.35. The van der Waals surface area contributed by atoms with Crippen molar-refractivity contribution in [3.63, 3.8) is 0 Å². The van der Waals surface area contributed by atoms with Gasteiger partial charge in [-0.3, -0.25) is 0 Å². The van der Waals surface area contributed by atoms with E-state index >= 15 is 0 Å². The summed E-state index contributed by atoms with van der Waals surface area (Å²) >= 11 is 0. The molecule has 0 atom stereocenters. The maximum Gasteiger partial charge on any atom is 0.0462 e. The van der Waals surface area contributed by atoms with Crippen LogP contribution in [0.5, 0.6) is 0 Å². The molecule has 0 unspecified atom stereocenters. The number of hydrogen-bond acceptors (Lipinski definition) is 1. The summed E-state index contributed by atoms with van der Waals surface area (Å²) in [5, 5.41) is 2.57. The highest BCUT2D eigenvalue weighted by Gasteiger charge is 2.25. The second kappa shape index (κ2) is 13.8. The average Bonchev–Trinajstić information content (AvgIpc) is 3.88. The summed E-state index contributed by atoms with van der Waals surface area (Å²) in [7, 11) is 0. The summed E-state index contributed by atoms with van der Waals surface area (Å²) in [6.45, 7) is 0. The van der Waals surface area contributed by atoms with E-state index in [2.05, 4.69) is 217 Å². The number of fused-ring (bicyclic) bond motifs is 5. The van der Waals surface area contributed by atoms with E-state index in [9.17, 15) is 0 Å². The van der Waals surface area contributed by atoms with Crippen LogP contribution >= 0.6 is 0 Å². The average molecular weight is 726 g/mol. The van der Waals surface area contributed by atoms with Gasteiger partial charge in [-0.2, -0.15) is 0 Å². The summed E-state index contributed by atoms with van der Waals surface area (Å²) in [6, 6.07) is 75.6. The predicted octanol–water partition coefficient (Wildman–Crippen LogP) is 15.0. The molecule has 2 aliphatic rings. The maximum absolute atomic E-state index is 2.42. The van der Waals surface area contributed by atoms with Gasteiger partial charge in [0.25, 0.3) is 0 Å². The topological polar surface area (TPSA) is 3.24 Å². The van der Waals surface area contributed by atoms with E-state index in [0.717, 1.165) is 29.9 Å². The molecule has 9 aromatic carbocycles. The molecule has 0 heterocycles. The summed E-state index contributed by atoms with van der Waals surface area (Å²) in [5.41, 5.74) is 21.8. The van der Waals surface area contributed by atoms with Crippen molar-refractivity contribution in [1.82, 2.24) is 0 Å². The highest BCUT2D eigenvalue weighted by Crippen LogP contribution is 2.48. The van der Waals surface area contributed by atoms with Gasteiger partial charge in [0.2, 0.25) is 0 Å². The van der Waals surface area contributed by atoms with Crippen molar-refractivity contribution in [2.75, 3.05) is 4.90 Å². The number of allylic oxidation sites excluding steroid dienone is 1. The highest BCUT2D eigenvalue weighted by atomic mass is 15.1. The normalized spacial score (nSPS) is 12.5. The number of para-hydroxylation sites is 1. The number of rotatable bonds is 7. The molecular weight excluding hydrogens is 687 g/mol. The van der Waals surface area contributed by atoms with Crippen LogP contribution in [-0.2, 0) is 12.8 Å². The molecular formula is C56H39N. The Bertz CT molecular complexity index is 2960. The van der Waals surface area contributed by atoms with Gasteiger partial charge in [0.15, 0.2) is 0 Å². The third-order valence-electron chi connectivity index (χ3n) is 11.9. The Balaban J connectivity index is 0.944. The van der Waals surface area contributed by atoms with Crippen LogP contribution in [0.3, 0.4) is 0 Å². The van der Waals surface area contributed by atoms with Gasteiger partial charge in [-0.15, -0.1) is 0 Å². The Kier molecular flexibility index (Phi) is 8.03. The van der Waals surface area contributed by atoms with E-state index in [-0.39, 0.29) is 0 Å². The zero-order valence-corrected chi connectivity index (χ0v) is 31.6. The minimum Gasteiger partial charge on any atom is -0.311 e. The lowest BCUT2D eigenvalue weighted by molar-refractivity contribution is 1.27. The molecule has 0 fully saturated rings. The van der Waals surface area contributed by atoms with Crippen molar-refractivity contribution >= 4 is 39.5 Å². The lowest BCUT2D eigenvalue weighted by Crippen LogP contribution is -2.09. The molecule has 0 aliphatic heterocycles. The molecule has 2 aliphatic carbocycles. The summed E-state index contributed by atoms with van der Waals surface area (Å²) < 4.78 is 0. The Morgan fingerprint density at radius 1 is 0.333 bits per heavy atom. The van der Waals surface area contributed by atoms with Crippen LogP contribution in [0.2, 0.25) is 0 Å². The zero-order chi connectivity index (χ0) is 37.7. The van der Waals surface area contributed by atoms with E-state index in [1.54, 1.807) is 0 Å². The second-order valence-corrected chi connectivity index (χ2v) is 15.3. The molecule has 0 saturated carbocycles. The first kappa shape index (κ1) is 33.1. The second-order valence-electron chi connectivity index (χ2n) is 15.3. The van der Waals surface area contributed by atoms with E-state index in [1.165, 1.54) is 88.7 Å². The number of benzene rings is 9. The molecule has 1 heteroatoms. The van der Waals surface area contributed by atoms with Crippen molar-refractivity contribution in [2.24, 2.45) is 0 Å². The minimum atomic E-state index is 0.929. The highest BCUT2D eigenvalue weighted by molar-refractivity contribution is 6.07. The third kappa shape index (κ3) is 5.96. The van der Waals surface area contributed by atoms with Crippen LogP contribution in [0.15, 0.2) is 206 Å². The molecule has 0 N–H and O–H groups in total. The van der Waals surface area contributed by atoms with Crippen molar-refractivity contribution in [1.29, 1.82) is 0 Å². The molecule has 0 aromatic heterocycles. The minimum absolute atomic E-state index is 0.929. The number of hydrogen-bond donors (Lipinski definition) is 0. The van der Waals surface area contributed by atoms with Gasteiger partial charge >= 0.3 is 0 Å². The Hall–Kier alpha value is -7.22. The largest absolute Gasteiger partial charge is 0.311 e. The summed E-state index contributed by atoms with van der Waals surface area (Å²) in [6.07, 6.45) is 4.27. The first-order chi connectivity index (χ1) is 28.2. The number of anilines is 3. The van der Waals surface area contributed by atoms with Crippen LogP contribution in [0, 0.1) is 0 Å². The van der Waals surface area contributed by atoms with Crippen molar-refractivity contribution in [2.45, 2.75) is 12.8 Å². The fraction of sp³-hybridized carbons (Fsp3) is 0.0357. The van der Waals surface area contributed by atoms with Gasteiger partial charge in [0.1, 0.15) is 0 Å². The molecule has 0 bridgehead atoms. The quantitative estimate of drug-likeness (QED) is 0.158. The van der Waals surface area contributed by atoms with E-state index in [0.29, 0.717) is 0 Å². The number of nitrogens with zero attached hydrogens (tertiary/aromatic N) is 1. The molecule has 11 rings (SSSR count). The van der Waals surface area contributed by atoms with E-state index in [4.69, 9.17) is 0 Å². The first-order valence-corrected chi connectivity index (χ1v) is 19.9. The monoisotopic (exact) mass is 725 g/mol. The van der Waals surface area contributed by atoms with Crippen LogP contribution in [0.1, 0.15) is 27.8 Å². The molecule has 0 spiro atoms. The van der Waals surface area contributed by atoms with Gasteiger partial charge < -0.3 is 4.90 Å². The van der Waals surface area contributed by atoms with Crippen molar-refractivity contribution in [3.05, 3.63) is 234 Å². The SMILES string of the molecule is C1=C(c2ccc(-c3ccc4c(c3)Cc3cc5ccccc5c(-c5ccc(N(c6ccccc6)c6ccc(-c7ccccc7)cc6)cc5)c3-4)cc2)Cc2ccccc21. The Morgan fingerprint density at radius 2 is 0.895 bits per heavy atom. The molecule has 268 valence electrons. The predicted molar refractivity (Wildman–Crippen MR) is 241 cm³/mol. The van der Waals surface area contributed by atoms with Crippen molar-refractivity contribution in [3.8, 4) is 44.5 Å². The molecule has 57 heavy (non-hydrogen) atoms. The zero-order valence-electron chi connectivity index (χ0n) is 31.6. The lowest BCUT2D eigenvalue weighted by atomic mass is 9.88. The molecule has 1 nitrogen and oxygen atoms in total. The van der Waals surface area contributed by atoms with Crippen LogP contribution < -0.4 is 4.90 Å². The third-order valence-corrected chi connectivity index (χ3v) is 11.9. The standard InChI is InChI=1S/C56H39N/c1-3-11-38(12-4-1)39-23-28-51(29-24-39)57(50-16-5-2-6-17-50)52-30-25-42(26-31-52)55-53-18-10-9-15-46(53)36-49-37-48-35-45(27-32-54(48)56(49)55)40-19-21-41(22-20-40)47-33-43-13-7-8-14-44(43)34-47/h1-33,35-36H,34,37H2. The van der Waals surface area contributed by atoms with Crippen molar-refractivity contribution < 1.29 is 0 Å². The molecule has 0 radical (unpaired) electrons. The first-order valence-electron chi connectivity index (χ1n) is 19.9. The fourth-order valence-electron chi connectivity index (χ4n) is 9.10. The van der Waals surface area contributed by atoms with Crippen LogP contribution in [0.25, 0.3) is 66.9 Å². The molecule has 0 saturated heterocycles. The van der Waals surface area contributed by atoms with Gasteiger partial charge in [-0.25, -0.2) is 0 Å². The lowest BCUT2D eigenvalue weighted by Gasteiger charge is -2.26.